The molecule has 1 rings (SSSR count). The van der Waals surface area contributed by atoms with E-state index in [0.29, 0.717) is 5.82 Å². The molecule has 12 heavy (non-hydrogen) atoms. The number of carbonyl (C=O) groups is 1. The summed E-state index contributed by atoms with van der Waals surface area (Å²) in [5.41, 5.74) is 5.21. The van der Waals surface area contributed by atoms with Gasteiger partial charge in [-0.3, -0.25) is 5.10 Å². The van der Waals surface area contributed by atoms with Crippen molar-refractivity contribution in [2.75, 3.05) is 12.8 Å². The van der Waals surface area contributed by atoms with Crippen LogP contribution in [0.1, 0.15) is 5.82 Å². The molecule has 0 atom stereocenters. The summed E-state index contributed by atoms with van der Waals surface area (Å²) in [6, 6.07) is 0. The molecule has 64 valence electrons. The zero-order valence-corrected chi connectivity index (χ0v) is 6.44. The van der Waals surface area contributed by atoms with Crippen LogP contribution in [0.15, 0.2) is 6.08 Å². The quantitative estimate of drug-likeness (QED) is 0.461. The Kier molecular flexibility index (Phi) is 2.42. The molecule has 1 aromatic heterocycles. The third kappa shape index (κ3) is 2.08. The van der Waals surface area contributed by atoms with Crippen molar-refractivity contribution >= 4 is 18.0 Å². The van der Waals surface area contributed by atoms with Gasteiger partial charge in [-0.05, 0) is 6.08 Å². The smallest absolute Gasteiger partial charge is 0.330 e. The fourth-order valence-corrected chi connectivity index (χ4v) is 0.578. The molecule has 0 aliphatic heterocycles. The van der Waals surface area contributed by atoms with E-state index in [0.717, 1.165) is 0 Å². The number of ether oxygens (including phenoxy) is 1. The topological polar surface area (TPSA) is 93.9 Å². The number of hydrogen-bond donors (Lipinski definition) is 2. The Morgan fingerprint density at radius 1 is 1.75 bits per heavy atom. The van der Waals surface area contributed by atoms with E-state index in [4.69, 9.17) is 5.73 Å². The minimum Gasteiger partial charge on any atom is -0.466 e. The molecule has 0 bridgehead atoms. The zero-order valence-electron chi connectivity index (χ0n) is 6.44. The molecule has 0 saturated carbocycles. The normalized spacial score (nSPS) is 10.4. The van der Waals surface area contributed by atoms with Crippen LogP contribution in [0, 0.1) is 0 Å². The first kappa shape index (κ1) is 8.25. The maximum absolute atomic E-state index is 10.6. The number of methoxy groups -OCH3 is 1. The number of aromatic nitrogens is 3. The van der Waals surface area contributed by atoms with Crippen molar-refractivity contribution in [2.45, 2.75) is 0 Å². The summed E-state index contributed by atoms with van der Waals surface area (Å²) in [6.07, 6.45) is 2.65. The van der Waals surface area contributed by atoms with Crippen LogP contribution in [0.3, 0.4) is 0 Å². The molecule has 1 aromatic rings. The molecule has 6 nitrogen and oxygen atoms in total. The highest BCUT2D eigenvalue weighted by atomic mass is 16.5. The van der Waals surface area contributed by atoms with Crippen molar-refractivity contribution in [3.05, 3.63) is 11.9 Å². The average molecular weight is 168 g/mol. The second-order valence-electron chi connectivity index (χ2n) is 1.94. The SMILES string of the molecule is COC(=O)/C=C\c1nc(N)n[nH]1. The second-order valence-corrected chi connectivity index (χ2v) is 1.94. The largest absolute Gasteiger partial charge is 0.466 e. The van der Waals surface area contributed by atoms with Gasteiger partial charge in [0.2, 0.25) is 5.95 Å². The molecule has 1 heterocycles. The van der Waals surface area contributed by atoms with Crippen LogP contribution in [0.5, 0.6) is 0 Å². The number of aromatic amines is 1. The molecule has 0 aliphatic rings. The Bertz CT molecular complexity index is 304. The van der Waals surface area contributed by atoms with Gasteiger partial charge in [0.15, 0.2) is 5.82 Å². The molecule has 0 radical (unpaired) electrons. The third-order valence-electron chi connectivity index (χ3n) is 1.10. The monoisotopic (exact) mass is 168 g/mol. The van der Waals surface area contributed by atoms with Gasteiger partial charge in [-0.25, -0.2) is 4.79 Å². The highest BCUT2D eigenvalue weighted by Gasteiger charge is 1.95. The first-order valence-corrected chi connectivity index (χ1v) is 3.16. The lowest BCUT2D eigenvalue weighted by Crippen LogP contribution is -1.93. The van der Waals surface area contributed by atoms with E-state index in [1.54, 1.807) is 0 Å². The van der Waals surface area contributed by atoms with Gasteiger partial charge in [-0.15, -0.1) is 5.10 Å². The van der Waals surface area contributed by atoms with Gasteiger partial charge in [0.05, 0.1) is 7.11 Å². The Morgan fingerprint density at radius 3 is 3.00 bits per heavy atom. The number of nitrogen functional groups attached to an aromatic ring is 1. The summed E-state index contributed by atoms with van der Waals surface area (Å²) in [4.78, 5) is 14.3. The summed E-state index contributed by atoms with van der Waals surface area (Å²) in [5, 5.41) is 6.06. The number of hydrogen-bond acceptors (Lipinski definition) is 5. The average Bonchev–Trinajstić information content (AvgIpc) is 2.47. The van der Waals surface area contributed by atoms with Gasteiger partial charge in [0, 0.05) is 6.08 Å². The van der Waals surface area contributed by atoms with Gasteiger partial charge >= 0.3 is 5.97 Å². The van der Waals surface area contributed by atoms with E-state index in [2.05, 4.69) is 19.9 Å². The lowest BCUT2D eigenvalue weighted by atomic mass is 10.5. The van der Waals surface area contributed by atoms with Gasteiger partial charge < -0.3 is 10.5 Å². The van der Waals surface area contributed by atoms with E-state index in [-0.39, 0.29) is 5.95 Å². The number of nitrogens with two attached hydrogens (primary N) is 1. The number of anilines is 1. The maximum atomic E-state index is 10.6. The Hall–Kier alpha value is -1.85. The summed E-state index contributed by atoms with van der Waals surface area (Å²) in [5.74, 6) is 0.0994. The Labute approximate surface area is 68.4 Å². The molecule has 0 fully saturated rings. The summed E-state index contributed by atoms with van der Waals surface area (Å²) < 4.78 is 4.36. The van der Waals surface area contributed by atoms with E-state index in [9.17, 15) is 4.79 Å². The minimum absolute atomic E-state index is 0.138. The van der Waals surface area contributed by atoms with Crippen LogP contribution in [-0.2, 0) is 9.53 Å². The van der Waals surface area contributed by atoms with Crippen molar-refractivity contribution in [3.8, 4) is 0 Å². The minimum atomic E-state index is -0.454. The van der Waals surface area contributed by atoms with Crippen LogP contribution in [0.4, 0.5) is 5.95 Å². The molecular formula is C6H8N4O2. The maximum Gasteiger partial charge on any atom is 0.330 e. The first-order valence-electron chi connectivity index (χ1n) is 3.16. The zero-order chi connectivity index (χ0) is 8.97. The van der Waals surface area contributed by atoms with Crippen molar-refractivity contribution < 1.29 is 9.53 Å². The Balaban J connectivity index is 2.63. The number of esters is 1. The van der Waals surface area contributed by atoms with Crippen LogP contribution in [-0.4, -0.2) is 28.3 Å². The predicted molar refractivity (Wildman–Crippen MR) is 41.8 cm³/mol. The second kappa shape index (κ2) is 3.51. The number of rotatable bonds is 2. The summed E-state index contributed by atoms with van der Waals surface area (Å²) in [6.45, 7) is 0. The lowest BCUT2D eigenvalue weighted by molar-refractivity contribution is -0.134. The molecule has 0 saturated heterocycles. The molecule has 0 aromatic carbocycles. The van der Waals surface area contributed by atoms with E-state index >= 15 is 0 Å². The number of nitrogens with zero attached hydrogens (tertiary/aromatic N) is 2. The van der Waals surface area contributed by atoms with Crippen molar-refractivity contribution in [1.29, 1.82) is 0 Å². The molecule has 0 spiro atoms. The lowest BCUT2D eigenvalue weighted by Gasteiger charge is -1.86. The van der Waals surface area contributed by atoms with E-state index in [1.807, 2.05) is 0 Å². The van der Waals surface area contributed by atoms with E-state index < -0.39 is 5.97 Å². The summed E-state index contributed by atoms with van der Waals surface area (Å²) >= 11 is 0. The van der Waals surface area contributed by atoms with Crippen LogP contribution >= 0.6 is 0 Å². The van der Waals surface area contributed by atoms with Gasteiger partial charge in [-0.2, -0.15) is 4.98 Å². The van der Waals surface area contributed by atoms with E-state index in [1.165, 1.54) is 19.3 Å². The van der Waals surface area contributed by atoms with Crippen molar-refractivity contribution in [1.82, 2.24) is 15.2 Å². The van der Waals surface area contributed by atoms with Crippen LogP contribution < -0.4 is 5.73 Å². The fraction of sp³-hybridized carbons (Fsp3) is 0.167. The number of H-pyrrole nitrogens is 1. The van der Waals surface area contributed by atoms with Crippen LogP contribution in [0.2, 0.25) is 0 Å². The molecule has 0 unspecified atom stereocenters. The van der Waals surface area contributed by atoms with Gasteiger partial charge in [-0.1, -0.05) is 0 Å². The standard InChI is InChI=1S/C6H8N4O2/c1-12-5(11)3-2-4-8-6(7)10-9-4/h2-3H,1H3,(H3,7,8,9,10)/b3-2-. The molecule has 0 aliphatic carbocycles. The van der Waals surface area contributed by atoms with Crippen molar-refractivity contribution in [3.63, 3.8) is 0 Å². The van der Waals surface area contributed by atoms with Gasteiger partial charge in [0.25, 0.3) is 0 Å². The van der Waals surface area contributed by atoms with Gasteiger partial charge in [0.1, 0.15) is 0 Å². The fourth-order valence-electron chi connectivity index (χ4n) is 0.578. The molecule has 0 amide bonds. The molecular weight excluding hydrogens is 160 g/mol. The Morgan fingerprint density at radius 2 is 2.50 bits per heavy atom. The summed E-state index contributed by atoms with van der Waals surface area (Å²) in [7, 11) is 1.29. The predicted octanol–water partition coefficient (Wildman–Crippen LogP) is -0.427. The highest BCUT2D eigenvalue weighted by molar-refractivity contribution is 5.86. The first-order chi connectivity index (χ1) is 5.72. The molecule has 6 heteroatoms. The molecule has 3 N–H and O–H groups in total. The van der Waals surface area contributed by atoms with Crippen molar-refractivity contribution in [2.24, 2.45) is 0 Å². The third-order valence-corrected chi connectivity index (χ3v) is 1.10. The highest BCUT2D eigenvalue weighted by Crippen LogP contribution is 1.95. The number of nitrogens with one attached hydrogen (secondary N) is 1. The number of carbonyl (C=O) groups excluding carboxylic acids is 1. The van der Waals surface area contributed by atoms with Crippen LogP contribution in [0.25, 0.3) is 6.08 Å².